The predicted octanol–water partition coefficient (Wildman–Crippen LogP) is 4.26. The first-order valence-electron chi connectivity index (χ1n) is 8.30. The van der Waals surface area contributed by atoms with Gasteiger partial charge in [-0.1, -0.05) is 39.7 Å². The Bertz CT molecular complexity index is 822. The van der Waals surface area contributed by atoms with Crippen molar-refractivity contribution in [3.05, 3.63) is 63.1 Å². The summed E-state index contributed by atoms with van der Waals surface area (Å²) in [6, 6.07) is 11.9. The molecule has 1 fully saturated rings. The molecule has 26 heavy (non-hydrogen) atoms. The molecule has 1 atom stereocenters. The number of ether oxygens (including phenoxy) is 1. The molecule has 0 spiro atoms. The fourth-order valence-electron chi connectivity index (χ4n) is 2.76. The highest BCUT2D eigenvalue weighted by Gasteiger charge is 2.19. The van der Waals surface area contributed by atoms with Gasteiger partial charge in [-0.15, -0.1) is 0 Å². The number of hydrogen-bond acceptors (Lipinski definition) is 3. The molecule has 0 unspecified atom stereocenters. The summed E-state index contributed by atoms with van der Waals surface area (Å²) in [6.45, 7) is 1.19. The van der Waals surface area contributed by atoms with Crippen molar-refractivity contribution in [3.63, 3.8) is 0 Å². The molecule has 0 aliphatic carbocycles. The lowest BCUT2D eigenvalue weighted by Crippen LogP contribution is -2.32. The molecule has 1 aliphatic heterocycles. The number of anilines is 1. The van der Waals surface area contributed by atoms with Gasteiger partial charge in [-0.05, 0) is 43.2 Å². The van der Waals surface area contributed by atoms with Gasteiger partial charge in [-0.25, -0.2) is 0 Å². The second-order valence-electron chi connectivity index (χ2n) is 5.97. The van der Waals surface area contributed by atoms with Crippen LogP contribution in [0.15, 0.2) is 46.9 Å². The van der Waals surface area contributed by atoms with Crippen LogP contribution in [0, 0.1) is 0 Å². The van der Waals surface area contributed by atoms with Crippen LogP contribution in [0.2, 0.25) is 5.02 Å². The highest BCUT2D eigenvalue weighted by molar-refractivity contribution is 9.10. The minimum absolute atomic E-state index is 0.0566. The maximum atomic E-state index is 12.6. The summed E-state index contributed by atoms with van der Waals surface area (Å²) >= 11 is 9.43. The van der Waals surface area contributed by atoms with E-state index in [1.165, 1.54) is 0 Å². The third-order valence-corrected chi connectivity index (χ3v) is 4.93. The lowest BCUT2D eigenvalue weighted by molar-refractivity contribution is 0.0858. The van der Waals surface area contributed by atoms with Crippen LogP contribution in [0.5, 0.6) is 0 Å². The van der Waals surface area contributed by atoms with Crippen molar-refractivity contribution in [3.8, 4) is 0 Å². The van der Waals surface area contributed by atoms with E-state index < -0.39 is 0 Å². The van der Waals surface area contributed by atoms with Gasteiger partial charge in [0, 0.05) is 17.6 Å². The van der Waals surface area contributed by atoms with Gasteiger partial charge >= 0.3 is 0 Å². The predicted molar refractivity (Wildman–Crippen MR) is 105 cm³/mol. The van der Waals surface area contributed by atoms with Crippen LogP contribution in [0.4, 0.5) is 5.69 Å². The van der Waals surface area contributed by atoms with Gasteiger partial charge in [-0.2, -0.15) is 0 Å². The molecule has 5 nitrogen and oxygen atoms in total. The number of rotatable bonds is 5. The summed E-state index contributed by atoms with van der Waals surface area (Å²) in [5.41, 5.74) is 1.15. The minimum atomic E-state index is -0.379. The van der Waals surface area contributed by atoms with Crippen LogP contribution in [-0.4, -0.2) is 31.1 Å². The van der Waals surface area contributed by atoms with E-state index in [1.807, 2.05) is 0 Å². The molecule has 2 aromatic carbocycles. The molecule has 2 aromatic rings. The van der Waals surface area contributed by atoms with Crippen LogP contribution in [0.25, 0.3) is 0 Å². The number of carbonyl (C=O) groups excluding carboxylic acids is 2. The molecule has 0 radical (unpaired) electrons. The molecule has 3 rings (SSSR count). The van der Waals surface area contributed by atoms with E-state index in [1.54, 1.807) is 42.5 Å². The lowest BCUT2D eigenvalue weighted by atomic mass is 10.1. The first-order valence-corrected chi connectivity index (χ1v) is 9.47. The monoisotopic (exact) mass is 436 g/mol. The van der Waals surface area contributed by atoms with Crippen molar-refractivity contribution in [1.29, 1.82) is 0 Å². The average Bonchev–Trinajstić information content (AvgIpc) is 3.15. The van der Waals surface area contributed by atoms with Crippen LogP contribution in [-0.2, 0) is 4.74 Å². The molecule has 0 aromatic heterocycles. The smallest absolute Gasteiger partial charge is 0.257 e. The van der Waals surface area contributed by atoms with E-state index in [0.717, 1.165) is 23.9 Å². The Morgan fingerprint density at radius 3 is 2.73 bits per heavy atom. The highest BCUT2D eigenvalue weighted by Crippen LogP contribution is 2.23. The van der Waals surface area contributed by atoms with Crippen molar-refractivity contribution >= 4 is 45.0 Å². The van der Waals surface area contributed by atoms with Crippen LogP contribution in [0.3, 0.4) is 0 Å². The van der Waals surface area contributed by atoms with E-state index in [-0.39, 0.29) is 17.9 Å². The zero-order valence-electron chi connectivity index (χ0n) is 13.9. The summed E-state index contributed by atoms with van der Waals surface area (Å²) in [7, 11) is 0. The fourth-order valence-corrected chi connectivity index (χ4v) is 3.32. The van der Waals surface area contributed by atoms with Crippen molar-refractivity contribution in [2.45, 2.75) is 18.9 Å². The SMILES string of the molecule is O=C(Nc1ccccc1C(=O)NC[C@H]1CCCO1)c1cc(Br)ccc1Cl. The summed E-state index contributed by atoms with van der Waals surface area (Å²) in [6.07, 6.45) is 2.02. The number of para-hydroxylation sites is 1. The molecule has 1 aliphatic rings. The number of nitrogens with one attached hydrogen (secondary N) is 2. The number of hydrogen-bond donors (Lipinski definition) is 2. The van der Waals surface area contributed by atoms with Gasteiger partial charge < -0.3 is 15.4 Å². The Morgan fingerprint density at radius 1 is 1.15 bits per heavy atom. The third-order valence-electron chi connectivity index (χ3n) is 4.11. The Morgan fingerprint density at radius 2 is 1.96 bits per heavy atom. The summed E-state index contributed by atoms with van der Waals surface area (Å²) < 4.78 is 6.26. The molecule has 136 valence electrons. The van der Waals surface area contributed by atoms with Crippen LogP contribution >= 0.6 is 27.5 Å². The van der Waals surface area contributed by atoms with E-state index >= 15 is 0 Å². The Labute approximate surface area is 165 Å². The van der Waals surface area contributed by atoms with E-state index in [2.05, 4.69) is 26.6 Å². The van der Waals surface area contributed by atoms with Gasteiger partial charge in [0.15, 0.2) is 0 Å². The molecule has 1 heterocycles. The van der Waals surface area contributed by atoms with E-state index in [0.29, 0.717) is 28.4 Å². The second-order valence-corrected chi connectivity index (χ2v) is 7.29. The van der Waals surface area contributed by atoms with Crippen LogP contribution in [0.1, 0.15) is 33.6 Å². The summed E-state index contributed by atoms with van der Waals surface area (Å²) in [5, 5.41) is 5.97. The first-order chi connectivity index (χ1) is 12.5. The topological polar surface area (TPSA) is 67.4 Å². The molecule has 2 amide bonds. The average molecular weight is 438 g/mol. The van der Waals surface area contributed by atoms with Crippen molar-refractivity contribution in [2.75, 3.05) is 18.5 Å². The van der Waals surface area contributed by atoms with E-state index in [4.69, 9.17) is 16.3 Å². The number of carbonyl (C=O) groups is 2. The molecule has 1 saturated heterocycles. The van der Waals surface area contributed by atoms with Gasteiger partial charge in [-0.3, -0.25) is 9.59 Å². The second kappa shape index (κ2) is 8.66. The zero-order valence-corrected chi connectivity index (χ0v) is 16.3. The molecule has 0 bridgehead atoms. The standard InChI is InChI=1S/C19H18BrClN2O3/c20-12-7-8-16(21)15(10-12)19(25)23-17-6-2-1-5-14(17)18(24)22-11-13-4-3-9-26-13/h1-2,5-8,10,13H,3-4,9,11H2,(H,22,24)(H,23,25)/t13-/m1/s1. The Kier molecular flexibility index (Phi) is 6.29. The Hall–Kier alpha value is -1.89. The zero-order chi connectivity index (χ0) is 18.5. The molecular formula is C19H18BrClN2O3. The van der Waals surface area contributed by atoms with E-state index in [9.17, 15) is 9.59 Å². The van der Waals surface area contributed by atoms with Crippen molar-refractivity contribution in [1.82, 2.24) is 5.32 Å². The van der Waals surface area contributed by atoms with Crippen LogP contribution < -0.4 is 10.6 Å². The number of benzene rings is 2. The first kappa shape index (κ1) is 18.9. The summed E-state index contributed by atoms with van der Waals surface area (Å²) in [4.78, 5) is 25.1. The summed E-state index contributed by atoms with van der Waals surface area (Å²) in [5.74, 6) is -0.632. The lowest BCUT2D eigenvalue weighted by Gasteiger charge is -2.14. The quantitative estimate of drug-likeness (QED) is 0.734. The van der Waals surface area contributed by atoms with Crippen molar-refractivity contribution in [2.24, 2.45) is 0 Å². The van der Waals surface area contributed by atoms with Gasteiger partial charge in [0.1, 0.15) is 0 Å². The van der Waals surface area contributed by atoms with Gasteiger partial charge in [0.2, 0.25) is 0 Å². The molecule has 7 heteroatoms. The minimum Gasteiger partial charge on any atom is -0.376 e. The number of halogens is 2. The maximum absolute atomic E-state index is 12.6. The van der Waals surface area contributed by atoms with Crippen molar-refractivity contribution < 1.29 is 14.3 Å². The number of amides is 2. The third kappa shape index (κ3) is 4.63. The molecule has 2 N–H and O–H groups in total. The largest absolute Gasteiger partial charge is 0.376 e. The van der Waals surface area contributed by atoms with Gasteiger partial charge in [0.25, 0.3) is 11.8 Å². The molecule has 0 saturated carbocycles. The maximum Gasteiger partial charge on any atom is 0.257 e. The Balaban J connectivity index is 1.73. The molecular weight excluding hydrogens is 420 g/mol. The normalized spacial score (nSPS) is 16.3. The fraction of sp³-hybridized carbons (Fsp3) is 0.263. The van der Waals surface area contributed by atoms with Gasteiger partial charge in [0.05, 0.1) is 27.9 Å². The highest BCUT2D eigenvalue weighted by atomic mass is 79.9.